The average Bonchev–Trinajstić information content (AvgIpc) is 2.01. The molecule has 0 spiro atoms. The lowest BCUT2D eigenvalue weighted by atomic mass is 9.99. The molecule has 0 aliphatic carbocycles. The summed E-state index contributed by atoms with van der Waals surface area (Å²) in [5.74, 6) is 0. The van der Waals surface area contributed by atoms with E-state index in [0.29, 0.717) is 5.56 Å². The normalized spacial score (nSPS) is 13.2. The Bertz CT molecular complexity index is 336. The van der Waals surface area contributed by atoms with E-state index in [1.807, 2.05) is 6.92 Å². The molecule has 0 aromatic heterocycles. The third-order valence-corrected chi connectivity index (χ3v) is 2.11. The standard InChI is InChI=1S/C10H12F3N.ClH/c1-6-3-4-8(7(2)5-6)9(14)10(11,12)13;/h3-5,9H,14H2,1-2H3;1H. The summed E-state index contributed by atoms with van der Waals surface area (Å²) in [6, 6.07) is 2.88. The molecule has 86 valence electrons. The minimum Gasteiger partial charge on any atom is -0.316 e. The van der Waals surface area contributed by atoms with Crippen LogP contribution in [0.3, 0.4) is 0 Å². The van der Waals surface area contributed by atoms with E-state index < -0.39 is 12.2 Å². The van der Waals surface area contributed by atoms with Gasteiger partial charge in [0.05, 0.1) is 0 Å². The molecule has 1 nitrogen and oxygen atoms in total. The summed E-state index contributed by atoms with van der Waals surface area (Å²) in [5, 5.41) is 0. The fraction of sp³-hybridized carbons (Fsp3) is 0.400. The van der Waals surface area contributed by atoms with Crippen LogP contribution < -0.4 is 5.73 Å². The van der Waals surface area contributed by atoms with Gasteiger partial charge in [-0.25, -0.2) is 0 Å². The van der Waals surface area contributed by atoms with Crippen LogP contribution in [-0.4, -0.2) is 6.18 Å². The van der Waals surface area contributed by atoms with Crippen molar-refractivity contribution in [1.29, 1.82) is 0 Å². The van der Waals surface area contributed by atoms with Gasteiger partial charge in [-0.15, -0.1) is 12.4 Å². The lowest BCUT2D eigenvalue weighted by Gasteiger charge is -2.18. The SMILES string of the molecule is Cc1ccc(C(N)C(F)(F)F)c(C)c1.Cl. The van der Waals surface area contributed by atoms with Crippen LogP contribution in [0.15, 0.2) is 18.2 Å². The number of alkyl halides is 3. The van der Waals surface area contributed by atoms with E-state index in [0.717, 1.165) is 5.56 Å². The minimum absolute atomic E-state index is 0. The van der Waals surface area contributed by atoms with Crippen molar-refractivity contribution in [2.24, 2.45) is 5.73 Å². The first-order valence-electron chi connectivity index (χ1n) is 4.22. The van der Waals surface area contributed by atoms with Gasteiger partial charge in [-0.1, -0.05) is 23.8 Å². The molecule has 0 aliphatic heterocycles. The highest BCUT2D eigenvalue weighted by Gasteiger charge is 2.38. The van der Waals surface area contributed by atoms with Crippen LogP contribution in [-0.2, 0) is 0 Å². The van der Waals surface area contributed by atoms with Gasteiger partial charge in [-0.2, -0.15) is 13.2 Å². The highest BCUT2D eigenvalue weighted by molar-refractivity contribution is 5.85. The van der Waals surface area contributed by atoms with E-state index in [4.69, 9.17) is 5.73 Å². The van der Waals surface area contributed by atoms with Crippen molar-refractivity contribution in [3.8, 4) is 0 Å². The summed E-state index contributed by atoms with van der Waals surface area (Å²) in [6.45, 7) is 3.46. The van der Waals surface area contributed by atoms with Gasteiger partial charge in [-0.05, 0) is 25.0 Å². The highest BCUT2D eigenvalue weighted by Crippen LogP contribution is 2.32. The lowest BCUT2D eigenvalue weighted by molar-refractivity contribution is -0.149. The average molecular weight is 240 g/mol. The Kier molecular flexibility index (Phi) is 4.62. The molecular weight excluding hydrogens is 227 g/mol. The summed E-state index contributed by atoms with van der Waals surface area (Å²) >= 11 is 0. The molecule has 5 heteroatoms. The quantitative estimate of drug-likeness (QED) is 0.800. The van der Waals surface area contributed by atoms with E-state index in [2.05, 4.69) is 0 Å². The van der Waals surface area contributed by atoms with Crippen LogP contribution in [0.2, 0.25) is 0 Å². The maximum absolute atomic E-state index is 12.3. The van der Waals surface area contributed by atoms with E-state index >= 15 is 0 Å². The van der Waals surface area contributed by atoms with E-state index in [-0.39, 0.29) is 18.0 Å². The predicted molar refractivity (Wildman–Crippen MR) is 56.1 cm³/mol. The second-order valence-electron chi connectivity index (χ2n) is 3.38. The molecule has 0 saturated carbocycles. The van der Waals surface area contributed by atoms with E-state index in [1.54, 1.807) is 19.1 Å². The van der Waals surface area contributed by atoms with Crippen LogP contribution >= 0.6 is 12.4 Å². The van der Waals surface area contributed by atoms with Crippen molar-refractivity contribution >= 4 is 12.4 Å². The molecule has 0 saturated heterocycles. The molecule has 15 heavy (non-hydrogen) atoms. The smallest absolute Gasteiger partial charge is 0.316 e. The molecule has 2 N–H and O–H groups in total. The summed E-state index contributed by atoms with van der Waals surface area (Å²) in [6.07, 6.45) is -4.37. The minimum atomic E-state index is -4.37. The monoisotopic (exact) mass is 239 g/mol. The maximum Gasteiger partial charge on any atom is 0.407 e. The zero-order chi connectivity index (χ0) is 10.9. The molecule has 1 atom stereocenters. The predicted octanol–water partition coefficient (Wildman–Crippen LogP) is 3.29. The zero-order valence-electron chi connectivity index (χ0n) is 8.43. The van der Waals surface area contributed by atoms with Crippen molar-refractivity contribution < 1.29 is 13.2 Å². The first-order chi connectivity index (χ1) is 6.32. The van der Waals surface area contributed by atoms with Crippen LogP contribution in [0, 0.1) is 13.8 Å². The van der Waals surface area contributed by atoms with E-state index in [1.165, 1.54) is 6.07 Å². The molecule has 1 unspecified atom stereocenters. The van der Waals surface area contributed by atoms with Crippen LogP contribution in [0.4, 0.5) is 13.2 Å². The molecule has 0 radical (unpaired) electrons. The van der Waals surface area contributed by atoms with Crippen molar-refractivity contribution in [1.82, 2.24) is 0 Å². The number of hydrogen-bond donors (Lipinski definition) is 1. The summed E-state index contributed by atoms with van der Waals surface area (Å²) in [7, 11) is 0. The molecule has 1 aromatic rings. The zero-order valence-corrected chi connectivity index (χ0v) is 9.25. The molecular formula is C10H13ClF3N. The fourth-order valence-corrected chi connectivity index (χ4v) is 1.35. The Morgan fingerprint density at radius 3 is 2.13 bits per heavy atom. The number of nitrogens with two attached hydrogens (primary N) is 1. The van der Waals surface area contributed by atoms with Gasteiger partial charge >= 0.3 is 6.18 Å². The Hall–Kier alpha value is -0.740. The van der Waals surface area contributed by atoms with Gasteiger partial charge in [0.25, 0.3) is 0 Å². The topological polar surface area (TPSA) is 26.0 Å². The first-order valence-corrected chi connectivity index (χ1v) is 4.22. The van der Waals surface area contributed by atoms with Gasteiger partial charge < -0.3 is 5.73 Å². The number of halogens is 4. The molecule has 0 heterocycles. The summed E-state index contributed by atoms with van der Waals surface area (Å²) < 4.78 is 36.9. The lowest BCUT2D eigenvalue weighted by Crippen LogP contribution is -2.29. The number of benzene rings is 1. The van der Waals surface area contributed by atoms with Gasteiger partial charge in [-0.3, -0.25) is 0 Å². The molecule has 0 bridgehead atoms. The third kappa shape index (κ3) is 3.39. The third-order valence-electron chi connectivity index (χ3n) is 2.11. The van der Waals surface area contributed by atoms with Crippen LogP contribution in [0.1, 0.15) is 22.7 Å². The summed E-state index contributed by atoms with van der Waals surface area (Å²) in [4.78, 5) is 0. The summed E-state index contributed by atoms with van der Waals surface area (Å²) in [5.41, 5.74) is 6.75. The molecule has 0 aliphatic rings. The molecule has 0 amide bonds. The second-order valence-corrected chi connectivity index (χ2v) is 3.38. The van der Waals surface area contributed by atoms with Crippen molar-refractivity contribution in [2.45, 2.75) is 26.1 Å². The first kappa shape index (κ1) is 14.3. The number of hydrogen-bond acceptors (Lipinski definition) is 1. The number of aryl methyl sites for hydroxylation is 2. The van der Waals surface area contributed by atoms with Gasteiger partial charge in [0.2, 0.25) is 0 Å². The van der Waals surface area contributed by atoms with Crippen molar-refractivity contribution in [2.75, 3.05) is 0 Å². The van der Waals surface area contributed by atoms with Crippen molar-refractivity contribution in [3.63, 3.8) is 0 Å². The second kappa shape index (κ2) is 4.86. The largest absolute Gasteiger partial charge is 0.407 e. The van der Waals surface area contributed by atoms with Gasteiger partial charge in [0, 0.05) is 0 Å². The molecule has 0 fully saturated rings. The van der Waals surface area contributed by atoms with E-state index in [9.17, 15) is 13.2 Å². The Labute approximate surface area is 92.9 Å². The van der Waals surface area contributed by atoms with Crippen LogP contribution in [0.25, 0.3) is 0 Å². The maximum atomic E-state index is 12.3. The fourth-order valence-electron chi connectivity index (χ4n) is 1.35. The van der Waals surface area contributed by atoms with Crippen molar-refractivity contribution in [3.05, 3.63) is 34.9 Å². The van der Waals surface area contributed by atoms with Crippen LogP contribution in [0.5, 0.6) is 0 Å². The highest BCUT2D eigenvalue weighted by atomic mass is 35.5. The number of rotatable bonds is 1. The van der Waals surface area contributed by atoms with Gasteiger partial charge in [0.1, 0.15) is 6.04 Å². The van der Waals surface area contributed by atoms with Gasteiger partial charge in [0.15, 0.2) is 0 Å². The molecule has 1 aromatic carbocycles. The Balaban J connectivity index is 0.00000196. The Morgan fingerprint density at radius 2 is 1.73 bits per heavy atom. The molecule has 1 rings (SSSR count). The Morgan fingerprint density at radius 1 is 1.20 bits per heavy atom.